The van der Waals surface area contributed by atoms with E-state index in [1.807, 2.05) is 24.3 Å². The Morgan fingerprint density at radius 1 is 1.45 bits per heavy atom. The second-order valence-corrected chi connectivity index (χ2v) is 4.43. The van der Waals surface area contributed by atoms with Crippen molar-refractivity contribution in [3.05, 3.63) is 41.5 Å². The molecule has 0 amide bonds. The first-order chi connectivity index (χ1) is 9.78. The number of esters is 1. The summed E-state index contributed by atoms with van der Waals surface area (Å²) in [6, 6.07) is 7.76. The maximum atomic E-state index is 11.4. The van der Waals surface area contributed by atoms with Gasteiger partial charge in [0.1, 0.15) is 18.8 Å². The van der Waals surface area contributed by atoms with Gasteiger partial charge in [-0.3, -0.25) is 4.79 Å². The van der Waals surface area contributed by atoms with E-state index in [4.69, 9.17) is 14.0 Å². The van der Waals surface area contributed by atoms with Crippen LogP contribution >= 0.6 is 0 Å². The number of ether oxygens (including phenoxy) is 2. The summed E-state index contributed by atoms with van der Waals surface area (Å²) >= 11 is 0. The van der Waals surface area contributed by atoms with Crippen LogP contribution in [0.1, 0.15) is 30.1 Å². The largest absolute Gasteiger partial charge is 0.492 e. The van der Waals surface area contributed by atoms with Gasteiger partial charge in [0.05, 0.1) is 12.5 Å². The predicted molar refractivity (Wildman–Crippen MR) is 68.4 cm³/mol. The van der Waals surface area contributed by atoms with E-state index in [0.29, 0.717) is 19.0 Å². The first kappa shape index (κ1) is 12.7. The summed E-state index contributed by atoms with van der Waals surface area (Å²) < 4.78 is 15.5. The molecule has 0 radical (unpaired) electrons. The lowest BCUT2D eigenvalue weighted by molar-refractivity contribution is -0.142. The highest BCUT2D eigenvalue weighted by Gasteiger charge is 2.29. The van der Waals surface area contributed by atoms with Gasteiger partial charge in [0.25, 0.3) is 0 Å². The van der Waals surface area contributed by atoms with Crippen molar-refractivity contribution in [2.45, 2.75) is 19.3 Å². The zero-order valence-corrected chi connectivity index (χ0v) is 11.0. The third-order valence-corrected chi connectivity index (χ3v) is 3.10. The van der Waals surface area contributed by atoms with Crippen LogP contribution in [-0.4, -0.2) is 29.3 Å². The van der Waals surface area contributed by atoms with Gasteiger partial charge in [-0.2, -0.15) is 4.98 Å². The Morgan fingerprint density at radius 3 is 3.15 bits per heavy atom. The van der Waals surface area contributed by atoms with Crippen LogP contribution in [0, 0.1) is 0 Å². The molecule has 6 heteroatoms. The third-order valence-electron chi connectivity index (χ3n) is 3.10. The van der Waals surface area contributed by atoms with E-state index in [-0.39, 0.29) is 24.2 Å². The lowest BCUT2D eigenvalue weighted by atomic mass is 10.0. The topological polar surface area (TPSA) is 74.5 Å². The zero-order chi connectivity index (χ0) is 13.9. The van der Waals surface area contributed by atoms with Crippen LogP contribution in [0.25, 0.3) is 0 Å². The van der Waals surface area contributed by atoms with Crippen LogP contribution in [0.5, 0.6) is 5.75 Å². The fraction of sp³-hybridized carbons (Fsp3) is 0.357. The molecule has 0 spiro atoms. The number of fused-ring (bicyclic) bond motifs is 1. The molecule has 6 nitrogen and oxygen atoms in total. The second kappa shape index (κ2) is 5.32. The number of carbonyl (C=O) groups excluding carboxylic acids is 1. The van der Waals surface area contributed by atoms with E-state index >= 15 is 0 Å². The monoisotopic (exact) mass is 274 g/mol. The Bertz CT molecular complexity index is 623. The number of rotatable bonds is 4. The van der Waals surface area contributed by atoms with E-state index in [2.05, 4.69) is 10.1 Å². The first-order valence-electron chi connectivity index (χ1n) is 6.47. The van der Waals surface area contributed by atoms with Crippen LogP contribution in [0.4, 0.5) is 0 Å². The zero-order valence-electron chi connectivity index (χ0n) is 11.0. The van der Waals surface area contributed by atoms with Gasteiger partial charge in [-0.15, -0.1) is 0 Å². The van der Waals surface area contributed by atoms with E-state index in [9.17, 15) is 4.79 Å². The molecule has 1 aromatic carbocycles. The van der Waals surface area contributed by atoms with E-state index in [0.717, 1.165) is 11.3 Å². The molecule has 1 aromatic heterocycles. The highest BCUT2D eigenvalue weighted by molar-refractivity contribution is 5.71. The molecule has 0 aliphatic carbocycles. The van der Waals surface area contributed by atoms with Crippen LogP contribution in [-0.2, 0) is 16.0 Å². The Kier molecular flexibility index (Phi) is 3.37. The second-order valence-electron chi connectivity index (χ2n) is 4.43. The minimum atomic E-state index is -0.370. The average molecular weight is 274 g/mol. The molecule has 0 bridgehead atoms. The summed E-state index contributed by atoms with van der Waals surface area (Å²) in [6.45, 7) is 2.57. The summed E-state index contributed by atoms with van der Waals surface area (Å²) in [5, 5.41) is 3.94. The van der Waals surface area contributed by atoms with Crippen molar-refractivity contribution in [3.63, 3.8) is 0 Å². The highest BCUT2D eigenvalue weighted by atomic mass is 16.5. The molecular formula is C14H14N2O4. The predicted octanol–water partition coefficient (Wildman–Crippen LogP) is 1.70. The Morgan fingerprint density at radius 2 is 2.30 bits per heavy atom. The number of carbonyl (C=O) groups is 1. The fourth-order valence-electron chi connectivity index (χ4n) is 2.19. The minimum absolute atomic E-state index is 0.00390. The normalized spacial score (nSPS) is 16.6. The first-order valence-corrected chi connectivity index (χ1v) is 6.47. The maximum Gasteiger partial charge on any atom is 0.315 e. The molecule has 104 valence electrons. The van der Waals surface area contributed by atoms with Crippen molar-refractivity contribution in [2.75, 3.05) is 13.2 Å². The van der Waals surface area contributed by atoms with Gasteiger partial charge in [0, 0.05) is 5.56 Å². The van der Waals surface area contributed by atoms with Crippen molar-refractivity contribution >= 4 is 5.97 Å². The van der Waals surface area contributed by atoms with Gasteiger partial charge in [-0.05, 0) is 13.0 Å². The van der Waals surface area contributed by atoms with Gasteiger partial charge in [0.2, 0.25) is 5.89 Å². The molecule has 0 fully saturated rings. The smallest absolute Gasteiger partial charge is 0.315 e. The summed E-state index contributed by atoms with van der Waals surface area (Å²) in [5.74, 6) is 1.22. The molecule has 1 aliphatic heterocycles. The number of aromatic nitrogens is 2. The number of hydrogen-bond acceptors (Lipinski definition) is 6. The van der Waals surface area contributed by atoms with Crippen molar-refractivity contribution < 1.29 is 18.8 Å². The lowest BCUT2D eigenvalue weighted by Gasteiger charge is -2.01. The van der Waals surface area contributed by atoms with E-state index < -0.39 is 0 Å². The van der Waals surface area contributed by atoms with Gasteiger partial charge in [-0.1, -0.05) is 23.4 Å². The van der Waals surface area contributed by atoms with Gasteiger partial charge < -0.3 is 14.0 Å². The number of para-hydroxylation sites is 1. The highest BCUT2D eigenvalue weighted by Crippen LogP contribution is 2.36. The quantitative estimate of drug-likeness (QED) is 0.790. The summed E-state index contributed by atoms with van der Waals surface area (Å²) in [6.07, 6.45) is -0.00390. The average Bonchev–Trinajstić information content (AvgIpc) is 3.05. The van der Waals surface area contributed by atoms with Crippen LogP contribution in [0.3, 0.4) is 0 Å². The minimum Gasteiger partial charge on any atom is -0.492 e. The van der Waals surface area contributed by atoms with Gasteiger partial charge in [-0.25, -0.2) is 0 Å². The van der Waals surface area contributed by atoms with Gasteiger partial charge >= 0.3 is 5.97 Å². The van der Waals surface area contributed by atoms with Gasteiger partial charge in [0.15, 0.2) is 5.82 Å². The summed E-state index contributed by atoms with van der Waals surface area (Å²) in [5.41, 5.74) is 1.04. The molecule has 2 heterocycles. The maximum absolute atomic E-state index is 11.4. The molecule has 1 aliphatic rings. The molecule has 0 saturated heterocycles. The Labute approximate surface area is 115 Å². The van der Waals surface area contributed by atoms with Crippen molar-refractivity contribution in [2.24, 2.45) is 0 Å². The standard InChI is InChI=1S/C14H14N2O4/c1-2-18-13(17)7-12-15-14(16-20-12)10-8-19-11-6-4-3-5-9(10)11/h3-6,10H,2,7-8H2,1H3. The van der Waals surface area contributed by atoms with Crippen LogP contribution in [0.15, 0.2) is 28.8 Å². The number of nitrogens with zero attached hydrogens (tertiary/aromatic N) is 2. The Balaban J connectivity index is 1.76. The molecule has 1 unspecified atom stereocenters. The molecule has 0 N–H and O–H groups in total. The van der Waals surface area contributed by atoms with Crippen LogP contribution < -0.4 is 4.74 Å². The van der Waals surface area contributed by atoms with Crippen molar-refractivity contribution in [1.82, 2.24) is 10.1 Å². The number of benzene rings is 1. The summed E-state index contributed by atoms with van der Waals surface area (Å²) in [7, 11) is 0. The number of hydrogen-bond donors (Lipinski definition) is 0. The van der Waals surface area contributed by atoms with E-state index in [1.54, 1.807) is 6.92 Å². The summed E-state index contributed by atoms with van der Waals surface area (Å²) in [4.78, 5) is 15.6. The molecule has 3 rings (SSSR count). The molecular weight excluding hydrogens is 260 g/mol. The SMILES string of the molecule is CCOC(=O)Cc1nc(C2COc3ccccc32)no1. The third kappa shape index (κ3) is 2.36. The molecule has 2 aromatic rings. The molecule has 0 saturated carbocycles. The van der Waals surface area contributed by atoms with Crippen molar-refractivity contribution in [3.8, 4) is 5.75 Å². The molecule has 20 heavy (non-hydrogen) atoms. The van der Waals surface area contributed by atoms with Crippen molar-refractivity contribution in [1.29, 1.82) is 0 Å². The fourth-order valence-corrected chi connectivity index (χ4v) is 2.19. The Hall–Kier alpha value is -2.37. The molecule has 1 atom stereocenters. The van der Waals surface area contributed by atoms with Crippen LogP contribution in [0.2, 0.25) is 0 Å². The van der Waals surface area contributed by atoms with E-state index in [1.165, 1.54) is 0 Å². The lowest BCUT2D eigenvalue weighted by Crippen LogP contribution is -2.08.